The van der Waals surface area contributed by atoms with E-state index in [1.165, 1.54) is 24.4 Å². The fourth-order valence-corrected chi connectivity index (χ4v) is 4.12. The molecule has 1 aliphatic carbocycles. The van der Waals surface area contributed by atoms with Gasteiger partial charge in [0.1, 0.15) is 5.75 Å². The van der Waals surface area contributed by atoms with E-state index in [1.54, 1.807) is 4.90 Å². The summed E-state index contributed by atoms with van der Waals surface area (Å²) >= 11 is 0. The molecule has 4 rings (SSSR count). The Morgan fingerprint density at radius 3 is 2.41 bits per heavy atom. The van der Waals surface area contributed by atoms with Crippen molar-refractivity contribution in [2.75, 3.05) is 13.1 Å². The number of hydrogen-bond acceptors (Lipinski definition) is 4. The van der Waals surface area contributed by atoms with E-state index in [4.69, 9.17) is 9.84 Å². The average molecular weight is 409 g/mol. The predicted molar refractivity (Wildman–Crippen MR) is 93.6 cm³/mol. The molecule has 0 radical (unpaired) electrons. The van der Waals surface area contributed by atoms with Crippen molar-refractivity contribution in [1.29, 1.82) is 0 Å². The Morgan fingerprint density at radius 1 is 1.14 bits per heavy atom. The maximum Gasteiger partial charge on any atom is 0.416 e. The second-order valence-electron chi connectivity index (χ2n) is 7.40. The highest BCUT2D eigenvalue weighted by Crippen LogP contribution is 2.40. The number of nitrogens with zero attached hydrogens (tertiary/aromatic N) is 3. The molecule has 2 aromatic rings. The number of fused-ring (bicyclic) bond motifs is 1. The number of aromatic carboxylic acids is 1. The van der Waals surface area contributed by atoms with Crippen LogP contribution in [-0.2, 0) is 6.18 Å². The van der Waals surface area contributed by atoms with E-state index < -0.39 is 17.7 Å². The lowest BCUT2D eigenvalue weighted by Gasteiger charge is -2.20. The summed E-state index contributed by atoms with van der Waals surface area (Å²) in [6.07, 6.45) is -2.01. The minimum Gasteiger partial charge on any atom is -0.490 e. The number of carboxylic acids is 1. The number of likely N-dealkylation sites (tertiary alicyclic amines) is 1. The Hall–Kier alpha value is -3.04. The topological polar surface area (TPSA) is 84.7 Å². The summed E-state index contributed by atoms with van der Waals surface area (Å²) in [5.41, 5.74) is -0.947. The normalized spacial score (nSPS) is 23.8. The first-order valence-corrected chi connectivity index (χ1v) is 9.13. The minimum absolute atomic E-state index is 0.184. The second kappa shape index (κ2) is 7.09. The second-order valence-corrected chi connectivity index (χ2v) is 7.40. The number of carbonyl (C=O) groups excluding carboxylic acids is 1. The van der Waals surface area contributed by atoms with Gasteiger partial charge in [0.15, 0.2) is 5.69 Å². The molecule has 0 bridgehead atoms. The molecule has 1 amide bonds. The van der Waals surface area contributed by atoms with E-state index >= 15 is 0 Å². The number of ether oxygens (including phenoxy) is 1. The molecule has 2 fully saturated rings. The Kier molecular flexibility index (Phi) is 4.71. The van der Waals surface area contributed by atoms with Crippen LogP contribution in [0.3, 0.4) is 0 Å². The summed E-state index contributed by atoms with van der Waals surface area (Å²) in [6.45, 7) is 0.961. The van der Waals surface area contributed by atoms with Crippen LogP contribution in [0, 0.1) is 11.8 Å². The molecule has 1 unspecified atom stereocenters. The summed E-state index contributed by atoms with van der Waals surface area (Å²) in [4.78, 5) is 25.0. The molecule has 7 nitrogen and oxygen atoms in total. The number of benzene rings is 1. The third-order valence-electron chi connectivity index (χ3n) is 5.45. The smallest absolute Gasteiger partial charge is 0.416 e. The molecule has 1 aromatic carbocycles. The molecule has 154 valence electrons. The molecule has 1 aliphatic heterocycles. The van der Waals surface area contributed by atoms with Gasteiger partial charge in [-0.15, -0.1) is 0 Å². The van der Waals surface area contributed by atoms with Crippen LogP contribution >= 0.6 is 0 Å². The van der Waals surface area contributed by atoms with Crippen LogP contribution in [0.25, 0.3) is 0 Å². The quantitative estimate of drug-likeness (QED) is 0.841. The number of hydrogen-bond donors (Lipinski definition) is 1. The number of alkyl halides is 3. The number of rotatable bonds is 3. The van der Waals surface area contributed by atoms with Crippen molar-refractivity contribution in [2.45, 2.75) is 25.1 Å². The average Bonchev–Trinajstić information content (AvgIpc) is 3.35. The van der Waals surface area contributed by atoms with Crippen molar-refractivity contribution in [2.24, 2.45) is 11.8 Å². The Labute approximate surface area is 163 Å². The third-order valence-corrected chi connectivity index (χ3v) is 5.45. The van der Waals surface area contributed by atoms with Gasteiger partial charge in [-0.3, -0.25) is 0 Å². The zero-order valence-electron chi connectivity index (χ0n) is 15.2. The molecule has 2 aliphatic rings. The molecule has 10 heteroatoms. The van der Waals surface area contributed by atoms with E-state index in [9.17, 15) is 22.8 Å². The van der Waals surface area contributed by atoms with Crippen LogP contribution in [0.2, 0.25) is 0 Å². The van der Waals surface area contributed by atoms with E-state index in [2.05, 4.69) is 5.10 Å². The van der Waals surface area contributed by atoms with Gasteiger partial charge < -0.3 is 14.7 Å². The van der Waals surface area contributed by atoms with Crippen LogP contribution < -0.4 is 4.74 Å². The van der Waals surface area contributed by atoms with Crippen molar-refractivity contribution < 1.29 is 32.6 Å². The Bertz CT molecular complexity index is 929. The van der Waals surface area contributed by atoms with Crippen LogP contribution in [0.15, 0.2) is 36.5 Å². The van der Waals surface area contributed by atoms with Gasteiger partial charge in [-0.1, -0.05) is 6.07 Å². The number of carboxylic acid groups (broad SMARTS) is 1. The SMILES string of the molecule is O=C(O)c1ccn(C(=O)N2C[C@H]3CC(Oc4cccc(C(F)(F)F)c4)C[C@H]3C2)n1. The summed E-state index contributed by atoms with van der Waals surface area (Å²) in [7, 11) is 0. The molecule has 1 aromatic heterocycles. The number of aromatic nitrogens is 2. The van der Waals surface area contributed by atoms with E-state index in [0.29, 0.717) is 25.9 Å². The lowest BCUT2D eigenvalue weighted by Crippen LogP contribution is -2.34. The van der Waals surface area contributed by atoms with Gasteiger partial charge in [-0.25, -0.2) is 9.59 Å². The Balaban J connectivity index is 1.35. The largest absolute Gasteiger partial charge is 0.490 e. The fraction of sp³-hybridized carbons (Fsp3) is 0.421. The van der Waals surface area contributed by atoms with Crippen molar-refractivity contribution in [3.05, 3.63) is 47.8 Å². The standard InChI is InChI=1S/C19H18F3N3O4/c20-19(21,22)13-2-1-3-14(8-13)29-15-6-11-9-24(10-12(11)7-15)18(28)25-5-4-16(23-25)17(26)27/h1-5,8,11-12,15H,6-7,9-10H2,(H,26,27)/t11-,12+,15?. The van der Waals surface area contributed by atoms with E-state index in [-0.39, 0.29) is 35.4 Å². The molecular formula is C19H18F3N3O4. The number of carbonyl (C=O) groups is 2. The molecule has 1 saturated carbocycles. The summed E-state index contributed by atoms with van der Waals surface area (Å²) in [5.74, 6) is -0.645. The first-order chi connectivity index (χ1) is 13.7. The first kappa shape index (κ1) is 19.3. The third kappa shape index (κ3) is 3.92. The van der Waals surface area contributed by atoms with Crippen LogP contribution in [0.4, 0.5) is 18.0 Å². The molecule has 1 saturated heterocycles. The molecule has 1 N–H and O–H groups in total. The van der Waals surface area contributed by atoms with Gasteiger partial charge in [-0.05, 0) is 48.9 Å². The maximum absolute atomic E-state index is 12.8. The number of halogens is 3. The van der Waals surface area contributed by atoms with Crippen LogP contribution in [0.1, 0.15) is 28.9 Å². The summed E-state index contributed by atoms with van der Waals surface area (Å²) in [5, 5.41) is 12.7. The van der Waals surface area contributed by atoms with Gasteiger partial charge in [0.25, 0.3) is 0 Å². The van der Waals surface area contributed by atoms with Crippen molar-refractivity contribution in [3.63, 3.8) is 0 Å². The van der Waals surface area contributed by atoms with E-state index in [0.717, 1.165) is 16.8 Å². The first-order valence-electron chi connectivity index (χ1n) is 9.13. The Morgan fingerprint density at radius 2 is 1.83 bits per heavy atom. The summed E-state index contributed by atoms with van der Waals surface area (Å²) < 4.78 is 45.3. The number of amides is 1. The van der Waals surface area contributed by atoms with Crippen molar-refractivity contribution in [1.82, 2.24) is 14.7 Å². The maximum atomic E-state index is 12.8. The highest BCUT2D eigenvalue weighted by Gasteiger charge is 2.44. The lowest BCUT2D eigenvalue weighted by molar-refractivity contribution is -0.137. The summed E-state index contributed by atoms with van der Waals surface area (Å²) in [6, 6.07) is 5.71. The zero-order chi connectivity index (χ0) is 20.8. The van der Waals surface area contributed by atoms with Crippen LogP contribution in [0.5, 0.6) is 5.75 Å². The predicted octanol–water partition coefficient (Wildman–Crippen LogP) is 3.36. The van der Waals surface area contributed by atoms with Gasteiger partial charge in [-0.2, -0.15) is 23.0 Å². The molecule has 2 heterocycles. The van der Waals surface area contributed by atoms with Gasteiger partial charge in [0.2, 0.25) is 0 Å². The molecule has 3 atom stereocenters. The molecule has 0 spiro atoms. The van der Waals surface area contributed by atoms with Crippen LogP contribution in [-0.4, -0.2) is 51.0 Å². The van der Waals surface area contributed by atoms with Crippen molar-refractivity contribution >= 4 is 12.0 Å². The van der Waals surface area contributed by atoms with Gasteiger partial charge in [0, 0.05) is 19.3 Å². The van der Waals surface area contributed by atoms with Gasteiger partial charge >= 0.3 is 18.2 Å². The highest BCUT2D eigenvalue weighted by atomic mass is 19.4. The fourth-order valence-electron chi connectivity index (χ4n) is 4.12. The van der Waals surface area contributed by atoms with E-state index in [1.807, 2.05) is 0 Å². The van der Waals surface area contributed by atoms with Crippen molar-refractivity contribution in [3.8, 4) is 5.75 Å². The zero-order valence-corrected chi connectivity index (χ0v) is 15.2. The highest BCUT2D eigenvalue weighted by molar-refractivity contribution is 5.86. The lowest BCUT2D eigenvalue weighted by atomic mass is 10.0. The molecule has 29 heavy (non-hydrogen) atoms. The van der Waals surface area contributed by atoms with Gasteiger partial charge in [0.05, 0.1) is 11.7 Å². The minimum atomic E-state index is -4.42. The molecular weight excluding hydrogens is 391 g/mol. The monoisotopic (exact) mass is 409 g/mol.